The van der Waals surface area contributed by atoms with Crippen molar-refractivity contribution >= 4 is 11.6 Å². The molecule has 0 fully saturated rings. The molecule has 0 aromatic carbocycles. The van der Waals surface area contributed by atoms with Crippen LogP contribution in [0.25, 0.3) is 0 Å². The van der Waals surface area contributed by atoms with Crippen molar-refractivity contribution in [3.8, 4) is 0 Å². The maximum Gasteiger partial charge on any atom is 0.128 e. The summed E-state index contributed by atoms with van der Waals surface area (Å²) in [5.41, 5.74) is 5.62. The van der Waals surface area contributed by atoms with Crippen molar-refractivity contribution in [2.75, 3.05) is 6.54 Å². The van der Waals surface area contributed by atoms with Crippen LogP contribution in [-0.2, 0) is 19.9 Å². The minimum Gasteiger partial charge on any atom is -0.328 e. The normalized spacial score (nSPS) is 15.1. The van der Waals surface area contributed by atoms with E-state index in [0.717, 1.165) is 17.8 Å². The lowest BCUT2D eigenvalue weighted by Gasteiger charge is -2.21. The molecule has 1 heterocycles. The number of aromatic nitrogens is 2. The highest BCUT2D eigenvalue weighted by atomic mass is 35.5. The average Bonchev–Trinajstić information content (AvgIpc) is 2.56. The molecule has 0 aliphatic heterocycles. The molecule has 5 heteroatoms. The van der Waals surface area contributed by atoms with Gasteiger partial charge in [-0.15, -0.1) is 0 Å². The Morgan fingerprint density at radius 3 is 2.50 bits per heavy atom. The summed E-state index contributed by atoms with van der Waals surface area (Å²) in [5, 5.41) is 4.84. The number of rotatable bonds is 5. The molecule has 1 atom stereocenters. The summed E-state index contributed by atoms with van der Waals surface area (Å²) in [7, 11) is 1.78. The van der Waals surface area contributed by atoms with E-state index in [1.807, 2.05) is 6.92 Å². The summed E-state index contributed by atoms with van der Waals surface area (Å²) >= 11 is 6.16. The van der Waals surface area contributed by atoms with Crippen molar-refractivity contribution in [3.05, 3.63) is 16.4 Å². The molecule has 0 saturated heterocycles. The van der Waals surface area contributed by atoms with Gasteiger partial charge in [-0.3, -0.25) is 4.68 Å². The molecule has 1 aromatic heterocycles. The van der Waals surface area contributed by atoms with Crippen LogP contribution < -0.4 is 5.73 Å². The van der Waals surface area contributed by atoms with E-state index < -0.39 is 5.67 Å². The predicted molar refractivity (Wildman–Crippen MR) is 64.5 cm³/mol. The first-order valence-corrected chi connectivity index (χ1v) is 5.94. The molecule has 1 aromatic rings. The molecule has 92 valence electrons. The van der Waals surface area contributed by atoms with Gasteiger partial charge >= 0.3 is 0 Å². The van der Waals surface area contributed by atoms with Crippen LogP contribution in [0.1, 0.15) is 31.7 Å². The van der Waals surface area contributed by atoms with E-state index in [2.05, 4.69) is 5.10 Å². The van der Waals surface area contributed by atoms with E-state index >= 15 is 0 Å². The summed E-state index contributed by atoms with van der Waals surface area (Å²) in [6.07, 6.45) is 1.36. The van der Waals surface area contributed by atoms with Gasteiger partial charge in [-0.05, 0) is 12.8 Å². The van der Waals surface area contributed by atoms with Crippen LogP contribution in [0.4, 0.5) is 4.39 Å². The van der Waals surface area contributed by atoms with Crippen LogP contribution in [-0.4, -0.2) is 22.0 Å². The Labute approximate surface area is 101 Å². The van der Waals surface area contributed by atoms with Crippen LogP contribution >= 0.6 is 11.6 Å². The lowest BCUT2D eigenvalue weighted by atomic mass is 9.96. The second kappa shape index (κ2) is 5.15. The molecule has 0 bridgehead atoms. The van der Waals surface area contributed by atoms with Gasteiger partial charge < -0.3 is 5.73 Å². The van der Waals surface area contributed by atoms with Crippen molar-refractivity contribution < 1.29 is 4.39 Å². The van der Waals surface area contributed by atoms with Crippen molar-refractivity contribution in [3.63, 3.8) is 0 Å². The Bertz CT molecular complexity index is 358. The van der Waals surface area contributed by atoms with Gasteiger partial charge in [0.2, 0.25) is 0 Å². The van der Waals surface area contributed by atoms with Gasteiger partial charge in [0.15, 0.2) is 0 Å². The summed E-state index contributed by atoms with van der Waals surface area (Å²) in [4.78, 5) is 0. The number of hydrogen-bond donors (Lipinski definition) is 1. The van der Waals surface area contributed by atoms with E-state index in [9.17, 15) is 4.39 Å². The van der Waals surface area contributed by atoms with Gasteiger partial charge in [-0.25, -0.2) is 4.39 Å². The van der Waals surface area contributed by atoms with Crippen LogP contribution in [0.15, 0.2) is 0 Å². The van der Waals surface area contributed by atoms with E-state index in [1.54, 1.807) is 18.7 Å². The number of aryl methyl sites for hydroxylation is 2. The van der Waals surface area contributed by atoms with Crippen molar-refractivity contribution in [1.82, 2.24) is 9.78 Å². The predicted octanol–water partition coefficient (Wildman–Crippen LogP) is 2.26. The minimum absolute atomic E-state index is 0.00642. The second-order valence-electron chi connectivity index (χ2n) is 4.07. The second-order valence-corrected chi connectivity index (χ2v) is 4.45. The lowest BCUT2D eigenvalue weighted by molar-refractivity contribution is 0.164. The Balaban J connectivity index is 3.01. The fraction of sp³-hybridized carbons (Fsp3) is 0.727. The number of nitrogens with zero attached hydrogens (tertiary/aromatic N) is 2. The first-order valence-electron chi connectivity index (χ1n) is 5.56. The topological polar surface area (TPSA) is 43.8 Å². The fourth-order valence-electron chi connectivity index (χ4n) is 1.65. The summed E-state index contributed by atoms with van der Waals surface area (Å²) in [6, 6.07) is 0. The van der Waals surface area contributed by atoms with Crippen LogP contribution in [0, 0.1) is 0 Å². The highest BCUT2D eigenvalue weighted by molar-refractivity contribution is 6.31. The highest BCUT2D eigenvalue weighted by Gasteiger charge is 2.29. The molecule has 2 N–H and O–H groups in total. The van der Waals surface area contributed by atoms with Gasteiger partial charge in [0, 0.05) is 20.0 Å². The quantitative estimate of drug-likeness (QED) is 0.868. The molecule has 0 saturated carbocycles. The zero-order chi connectivity index (χ0) is 12.3. The lowest BCUT2D eigenvalue weighted by Crippen LogP contribution is -2.35. The fourth-order valence-corrected chi connectivity index (χ4v) is 2.01. The molecule has 0 spiro atoms. The van der Waals surface area contributed by atoms with Gasteiger partial charge in [-0.1, -0.05) is 25.4 Å². The summed E-state index contributed by atoms with van der Waals surface area (Å²) in [5.74, 6) is 0. The standard InChI is InChI=1S/C11H19ClFN3/c1-4-8-10(12)9(16(3)15-8)6-11(13,5-2)7-14/h4-7,14H2,1-3H3. The van der Waals surface area contributed by atoms with E-state index in [0.29, 0.717) is 11.4 Å². The Kier molecular flexibility index (Phi) is 4.33. The van der Waals surface area contributed by atoms with E-state index in [1.165, 1.54) is 0 Å². The van der Waals surface area contributed by atoms with Gasteiger partial charge in [0.25, 0.3) is 0 Å². The molecule has 16 heavy (non-hydrogen) atoms. The van der Waals surface area contributed by atoms with Crippen LogP contribution in [0.3, 0.4) is 0 Å². The summed E-state index contributed by atoms with van der Waals surface area (Å²) in [6.45, 7) is 3.77. The molecule has 0 radical (unpaired) electrons. The van der Waals surface area contributed by atoms with Crippen LogP contribution in [0.5, 0.6) is 0 Å². The van der Waals surface area contributed by atoms with Crippen LogP contribution in [0.2, 0.25) is 5.02 Å². The minimum atomic E-state index is -1.39. The monoisotopic (exact) mass is 247 g/mol. The highest BCUT2D eigenvalue weighted by Crippen LogP contribution is 2.27. The molecule has 3 nitrogen and oxygen atoms in total. The molecule has 0 amide bonds. The maximum absolute atomic E-state index is 14.2. The van der Waals surface area contributed by atoms with Gasteiger partial charge in [0.1, 0.15) is 5.67 Å². The third-order valence-corrected chi connectivity index (χ3v) is 3.42. The van der Waals surface area contributed by atoms with E-state index in [4.69, 9.17) is 17.3 Å². The molecular weight excluding hydrogens is 229 g/mol. The maximum atomic E-state index is 14.2. The SMILES string of the molecule is CCc1nn(C)c(CC(F)(CC)CN)c1Cl. The zero-order valence-corrected chi connectivity index (χ0v) is 10.8. The zero-order valence-electron chi connectivity index (χ0n) is 10.1. The number of hydrogen-bond acceptors (Lipinski definition) is 2. The van der Waals surface area contributed by atoms with Crippen molar-refractivity contribution in [2.24, 2.45) is 12.8 Å². The molecule has 1 rings (SSSR count). The third kappa shape index (κ3) is 2.55. The number of nitrogens with two attached hydrogens (primary N) is 1. The third-order valence-electron chi connectivity index (χ3n) is 2.99. The molecular formula is C11H19ClFN3. The van der Waals surface area contributed by atoms with Gasteiger partial charge in [0.05, 0.1) is 16.4 Å². The largest absolute Gasteiger partial charge is 0.328 e. The molecule has 0 aliphatic carbocycles. The first-order chi connectivity index (χ1) is 7.47. The van der Waals surface area contributed by atoms with E-state index in [-0.39, 0.29) is 13.0 Å². The first kappa shape index (κ1) is 13.5. The Morgan fingerprint density at radius 2 is 2.12 bits per heavy atom. The van der Waals surface area contributed by atoms with Gasteiger partial charge in [-0.2, -0.15) is 5.10 Å². The molecule has 0 aliphatic rings. The Morgan fingerprint density at radius 1 is 1.50 bits per heavy atom. The summed E-state index contributed by atoms with van der Waals surface area (Å²) < 4.78 is 15.8. The number of alkyl halides is 1. The smallest absolute Gasteiger partial charge is 0.128 e. The number of halogens is 2. The van der Waals surface area contributed by atoms with Crippen molar-refractivity contribution in [2.45, 2.75) is 38.8 Å². The van der Waals surface area contributed by atoms with Crippen molar-refractivity contribution in [1.29, 1.82) is 0 Å². The average molecular weight is 248 g/mol. The Hall–Kier alpha value is -0.610. The molecule has 1 unspecified atom stereocenters.